The maximum atomic E-state index is 10.4. The molecule has 0 aliphatic heterocycles. The summed E-state index contributed by atoms with van der Waals surface area (Å²) in [7, 11) is 0. The molecule has 13 heavy (non-hydrogen) atoms. The second-order valence-electron chi connectivity index (χ2n) is 3.84. The van der Waals surface area contributed by atoms with Crippen LogP contribution in [0.25, 0.3) is 0 Å². The van der Waals surface area contributed by atoms with Crippen LogP contribution in [0.5, 0.6) is 0 Å². The molecule has 0 aromatic carbocycles. The van der Waals surface area contributed by atoms with E-state index in [0.717, 1.165) is 17.2 Å². The summed E-state index contributed by atoms with van der Waals surface area (Å²) >= 11 is 1.63. The van der Waals surface area contributed by atoms with Crippen LogP contribution >= 0.6 is 11.3 Å². The monoisotopic (exact) mass is 195 g/mol. The van der Waals surface area contributed by atoms with Crippen molar-refractivity contribution in [1.29, 1.82) is 0 Å². The zero-order valence-electron chi connectivity index (χ0n) is 7.69. The van der Waals surface area contributed by atoms with E-state index in [1.54, 1.807) is 11.3 Å². The van der Waals surface area contributed by atoms with Crippen molar-refractivity contribution in [2.24, 2.45) is 5.92 Å². The van der Waals surface area contributed by atoms with Gasteiger partial charge in [0.25, 0.3) is 0 Å². The van der Waals surface area contributed by atoms with Crippen LogP contribution in [0.4, 0.5) is 0 Å². The van der Waals surface area contributed by atoms with Crippen molar-refractivity contribution < 1.29 is 4.79 Å². The van der Waals surface area contributed by atoms with Crippen LogP contribution in [-0.2, 0) is 0 Å². The first-order chi connectivity index (χ1) is 6.29. The van der Waals surface area contributed by atoms with Crippen LogP contribution < -0.4 is 0 Å². The summed E-state index contributed by atoms with van der Waals surface area (Å²) in [5, 5.41) is 3.01. The van der Waals surface area contributed by atoms with E-state index in [1.165, 1.54) is 19.3 Å². The Labute approximate surface area is 82.0 Å². The van der Waals surface area contributed by atoms with E-state index in [-0.39, 0.29) is 0 Å². The third kappa shape index (κ3) is 1.80. The van der Waals surface area contributed by atoms with E-state index in [1.807, 2.05) is 5.38 Å². The summed E-state index contributed by atoms with van der Waals surface area (Å²) in [6, 6.07) is 0. The molecule has 2 nitrogen and oxygen atoms in total. The number of thiazole rings is 1. The zero-order chi connectivity index (χ0) is 9.26. The van der Waals surface area contributed by atoms with E-state index in [0.29, 0.717) is 11.6 Å². The molecule has 0 bridgehead atoms. The molecular formula is C10H13NOS. The van der Waals surface area contributed by atoms with Gasteiger partial charge < -0.3 is 0 Å². The summed E-state index contributed by atoms with van der Waals surface area (Å²) in [6.45, 7) is 2.29. The summed E-state index contributed by atoms with van der Waals surface area (Å²) in [4.78, 5) is 14.7. The second-order valence-corrected chi connectivity index (χ2v) is 4.73. The van der Waals surface area contributed by atoms with E-state index < -0.39 is 0 Å². The van der Waals surface area contributed by atoms with Gasteiger partial charge >= 0.3 is 0 Å². The van der Waals surface area contributed by atoms with Gasteiger partial charge in [-0.15, -0.1) is 11.3 Å². The van der Waals surface area contributed by atoms with Gasteiger partial charge in [0.15, 0.2) is 6.29 Å². The van der Waals surface area contributed by atoms with Crippen LogP contribution in [0.1, 0.15) is 47.6 Å². The van der Waals surface area contributed by atoms with E-state index in [9.17, 15) is 4.79 Å². The molecule has 1 aliphatic carbocycles. The summed E-state index contributed by atoms with van der Waals surface area (Å²) in [6.07, 6.45) is 4.62. The van der Waals surface area contributed by atoms with Gasteiger partial charge in [0.1, 0.15) is 5.69 Å². The number of carbonyl (C=O) groups is 1. The van der Waals surface area contributed by atoms with Gasteiger partial charge in [0.2, 0.25) is 0 Å². The third-order valence-corrected chi connectivity index (χ3v) is 3.73. The normalized spacial score (nSPS) is 27.8. The molecule has 0 amide bonds. The number of aromatic nitrogens is 1. The molecule has 1 aliphatic rings. The lowest BCUT2D eigenvalue weighted by atomic mass is 10.1. The van der Waals surface area contributed by atoms with Crippen LogP contribution in [0.2, 0.25) is 0 Å². The highest BCUT2D eigenvalue weighted by Gasteiger charge is 2.24. The SMILES string of the molecule is CC1CCC(c2nc(C=O)cs2)C1. The van der Waals surface area contributed by atoms with Crippen molar-refractivity contribution in [2.75, 3.05) is 0 Å². The Hall–Kier alpha value is -0.700. The van der Waals surface area contributed by atoms with Gasteiger partial charge in [0.05, 0.1) is 5.01 Å². The van der Waals surface area contributed by atoms with Gasteiger partial charge in [-0.2, -0.15) is 0 Å². The minimum absolute atomic E-state index is 0.597. The van der Waals surface area contributed by atoms with Crippen molar-refractivity contribution in [3.05, 3.63) is 16.1 Å². The lowest BCUT2D eigenvalue weighted by Crippen LogP contribution is -1.93. The molecule has 1 aromatic heterocycles. The minimum atomic E-state index is 0.597. The molecule has 1 fully saturated rings. The molecule has 0 N–H and O–H groups in total. The van der Waals surface area contributed by atoms with Gasteiger partial charge in [-0.3, -0.25) is 4.79 Å². The lowest BCUT2D eigenvalue weighted by Gasteiger charge is -2.03. The molecule has 3 heteroatoms. The highest BCUT2D eigenvalue weighted by molar-refractivity contribution is 7.09. The van der Waals surface area contributed by atoms with Crippen molar-refractivity contribution in [3.63, 3.8) is 0 Å². The molecule has 2 unspecified atom stereocenters. The van der Waals surface area contributed by atoms with Crippen LogP contribution in [0, 0.1) is 5.92 Å². The number of rotatable bonds is 2. The van der Waals surface area contributed by atoms with Crippen molar-refractivity contribution in [3.8, 4) is 0 Å². The maximum absolute atomic E-state index is 10.4. The van der Waals surface area contributed by atoms with E-state index in [2.05, 4.69) is 11.9 Å². The average Bonchev–Trinajstić information content (AvgIpc) is 2.71. The number of nitrogens with zero attached hydrogens (tertiary/aromatic N) is 1. The Morgan fingerprint density at radius 2 is 2.46 bits per heavy atom. The first-order valence-electron chi connectivity index (χ1n) is 4.70. The predicted octanol–water partition coefficient (Wildman–Crippen LogP) is 2.86. The summed E-state index contributed by atoms with van der Waals surface area (Å²) in [5.74, 6) is 1.45. The fourth-order valence-corrected chi connectivity index (χ4v) is 2.89. The lowest BCUT2D eigenvalue weighted by molar-refractivity contribution is 0.111. The topological polar surface area (TPSA) is 30.0 Å². The molecule has 1 aromatic rings. The zero-order valence-corrected chi connectivity index (χ0v) is 8.51. The molecule has 0 spiro atoms. The van der Waals surface area contributed by atoms with Crippen LogP contribution in [-0.4, -0.2) is 11.3 Å². The Bertz CT molecular complexity index is 308. The Morgan fingerprint density at radius 1 is 1.62 bits per heavy atom. The molecular weight excluding hydrogens is 182 g/mol. The highest BCUT2D eigenvalue weighted by Crippen LogP contribution is 2.38. The first-order valence-corrected chi connectivity index (χ1v) is 5.58. The number of hydrogen-bond donors (Lipinski definition) is 0. The fraction of sp³-hybridized carbons (Fsp3) is 0.600. The quantitative estimate of drug-likeness (QED) is 0.679. The van der Waals surface area contributed by atoms with Gasteiger partial charge in [-0.05, 0) is 18.8 Å². The van der Waals surface area contributed by atoms with Gasteiger partial charge in [-0.25, -0.2) is 4.98 Å². The van der Waals surface area contributed by atoms with Crippen molar-refractivity contribution >= 4 is 17.6 Å². The van der Waals surface area contributed by atoms with E-state index >= 15 is 0 Å². The van der Waals surface area contributed by atoms with Gasteiger partial charge in [-0.1, -0.05) is 13.3 Å². The molecule has 0 radical (unpaired) electrons. The van der Waals surface area contributed by atoms with Crippen molar-refractivity contribution in [2.45, 2.75) is 32.1 Å². The second kappa shape index (κ2) is 3.58. The Kier molecular flexibility index (Phi) is 2.44. The number of carbonyl (C=O) groups excluding carboxylic acids is 1. The molecule has 70 valence electrons. The third-order valence-electron chi connectivity index (χ3n) is 2.70. The van der Waals surface area contributed by atoms with Crippen LogP contribution in [0.15, 0.2) is 5.38 Å². The molecule has 0 saturated heterocycles. The standard InChI is InChI=1S/C10H13NOS/c1-7-2-3-8(4-7)10-11-9(5-12)6-13-10/h5-8H,2-4H2,1H3. The van der Waals surface area contributed by atoms with E-state index in [4.69, 9.17) is 0 Å². The molecule has 2 atom stereocenters. The Balaban J connectivity index is 2.12. The van der Waals surface area contributed by atoms with Crippen molar-refractivity contribution in [1.82, 2.24) is 4.98 Å². The first kappa shape index (κ1) is 8.88. The average molecular weight is 195 g/mol. The number of aldehydes is 1. The van der Waals surface area contributed by atoms with Gasteiger partial charge in [0, 0.05) is 11.3 Å². The Morgan fingerprint density at radius 3 is 3.00 bits per heavy atom. The van der Waals surface area contributed by atoms with Crippen LogP contribution in [0.3, 0.4) is 0 Å². The minimum Gasteiger partial charge on any atom is -0.296 e. The highest BCUT2D eigenvalue weighted by atomic mass is 32.1. The maximum Gasteiger partial charge on any atom is 0.169 e. The molecule has 2 rings (SSSR count). The fourth-order valence-electron chi connectivity index (χ4n) is 1.97. The summed E-state index contributed by atoms with van der Waals surface area (Å²) < 4.78 is 0. The largest absolute Gasteiger partial charge is 0.296 e. The summed E-state index contributed by atoms with van der Waals surface area (Å²) in [5.41, 5.74) is 0.597. The smallest absolute Gasteiger partial charge is 0.169 e. The molecule has 1 saturated carbocycles. The number of hydrogen-bond acceptors (Lipinski definition) is 3. The molecule has 1 heterocycles. The predicted molar refractivity (Wildman–Crippen MR) is 53.3 cm³/mol.